The zero-order chi connectivity index (χ0) is 18.8. The van der Waals surface area contributed by atoms with Gasteiger partial charge in [0.1, 0.15) is 5.75 Å². The summed E-state index contributed by atoms with van der Waals surface area (Å²) >= 11 is 0. The third-order valence-corrected chi connectivity index (χ3v) is 4.38. The van der Waals surface area contributed by atoms with Crippen LogP contribution in [0.4, 0.5) is 0 Å². The molecule has 0 atom stereocenters. The number of carbonyl (C=O) groups excluding carboxylic acids is 1. The van der Waals surface area contributed by atoms with E-state index in [2.05, 4.69) is 37.4 Å². The van der Waals surface area contributed by atoms with Crippen LogP contribution in [0, 0.1) is 0 Å². The molecule has 0 unspecified atom stereocenters. The number of rotatable bonds is 10. The van der Waals surface area contributed by atoms with Crippen LogP contribution in [-0.4, -0.2) is 37.0 Å². The number of nitrogens with one attached hydrogen (secondary N) is 1. The first-order chi connectivity index (χ1) is 12.6. The first-order valence-corrected chi connectivity index (χ1v) is 9.27. The van der Waals surface area contributed by atoms with Crippen molar-refractivity contribution in [3.63, 3.8) is 0 Å². The average molecular weight is 354 g/mol. The van der Waals surface area contributed by atoms with E-state index in [1.807, 2.05) is 41.3 Å². The van der Waals surface area contributed by atoms with Crippen LogP contribution in [0.15, 0.2) is 54.6 Å². The van der Waals surface area contributed by atoms with E-state index in [0.717, 1.165) is 18.7 Å². The Morgan fingerprint density at radius 3 is 2.46 bits per heavy atom. The molecule has 2 aromatic carbocycles. The summed E-state index contributed by atoms with van der Waals surface area (Å²) in [5.74, 6) is 1.07. The largest absolute Gasteiger partial charge is 0.497 e. The van der Waals surface area contributed by atoms with Crippen molar-refractivity contribution in [2.24, 2.45) is 0 Å². The molecule has 1 N–H and O–H groups in total. The number of methoxy groups -OCH3 is 1. The van der Waals surface area contributed by atoms with Crippen LogP contribution in [0.1, 0.15) is 31.4 Å². The Morgan fingerprint density at radius 2 is 1.77 bits per heavy atom. The van der Waals surface area contributed by atoms with Gasteiger partial charge < -0.3 is 15.0 Å². The van der Waals surface area contributed by atoms with Gasteiger partial charge in [-0.2, -0.15) is 0 Å². The number of carbonyl (C=O) groups is 1. The molecular formula is C22H30N2O2. The fourth-order valence-electron chi connectivity index (χ4n) is 2.86. The molecule has 1 amide bonds. The van der Waals surface area contributed by atoms with Crippen molar-refractivity contribution in [3.8, 4) is 5.75 Å². The normalized spacial score (nSPS) is 10.8. The van der Waals surface area contributed by atoms with E-state index in [1.165, 1.54) is 11.1 Å². The monoisotopic (exact) mass is 354 g/mol. The molecule has 2 aromatic rings. The van der Waals surface area contributed by atoms with Crippen LogP contribution in [0.3, 0.4) is 0 Å². The van der Waals surface area contributed by atoms with Crippen LogP contribution < -0.4 is 10.1 Å². The zero-order valence-corrected chi connectivity index (χ0v) is 16.1. The van der Waals surface area contributed by atoms with Crippen molar-refractivity contribution >= 4 is 5.91 Å². The highest BCUT2D eigenvalue weighted by molar-refractivity contribution is 5.76. The average Bonchev–Trinajstić information content (AvgIpc) is 2.66. The molecule has 0 aliphatic rings. The maximum atomic E-state index is 12.6. The Morgan fingerprint density at radius 1 is 1.04 bits per heavy atom. The van der Waals surface area contributed by atoms with E-state index < -0.39 is 0 Å². The van der Waals surface area contributed by atoms with Gasteiger partial charge in [0.2, 0.25) is 5.91 Å². The summed E-state index contributed by atoms with van der Waals surface area (Å²) in [5, 5.41) is 3.37. The lowest BCUT2D eigenvalue weighted by Gasteiger charge is -2.27. The summed E-state index contributed by atoms with van der Waals surface area (Å²) in [6, 6.07) is 18.4. The molecule has 0 spiro atoms. The molecule has 0 saturated carbocycles. The third-order valence-electron chi connectivity index (χ3n) is 4.38. The Balaban J connectivity index is 1.73. The molecule has 0 aliphatic heterocycles. The van der Waals surface area contributed by atoms with E-state index in [0.29, 0.717) is 19.5 Å². The quantitative estimate of drug-likeness (QED) is 0.662. The molecule has 4 heteroatoms. The fourth-order valence-corrected chi connectivity index (χ4v) is 2.86. The Kier molecular flexibility index (Phi) is 8.16. The van der Waals surface area contributed by atoms with Crippen LogP contribution >= 0.6 is 0 Å². The zero-order valence-electron chi connectivity index (χ0n) is 16.1. The number of nitrogens with zero attached hydrogens (tertiary/aromatic N) is 1. The molecule has 0 aromatic heterocycles. The predicted octanol–water partition coefficient (Wildman–Crippen LogP) is 3.65. The number of benzene rings is 2. The van der Waals surface area contributed by atoms with Gasteiger partial charge in [-0.1, -0.05) is 42.5 Å². The summed E-state index contributed by atoms with van der Waals surface area (Å²) in [5.41, 5.74) is 2.40. The minimum absolute atomic E-state index is 0.192. The minimum atomic E-state index is 0.192. The highest BCUT2D eigenvalue weighted by Crippen LogP contribution is 2.13. The Labute approximate surface area is 157 Å². The molecular weight excluding hydrogens is 324 g/mol. The number of ether oxygens (including phenoxy) is 1. The maximum absolute atomic E-state index is 12.6. The highest BCUT2D eigenvalue weighted by atomic mass is 16.5. The van der Waals surface area contributed by atoms with Crippen LogP contribution in [0.25, 0.3) is 0 Å². The van der Waals surface area contributed by atoms with Gasteiger partial charge >= 0.3 is 0 Å². The Bertz CT molecular complexity index is 671. The number of hydrogen-bond donors (Lipinski definition) is 1. The van der Waals surface area contributed by atoms with E-state index in [-0.39, 0.29) is 11.9 Å². The smallest absolute Gasteiger partial charge is 0.224 e. The van der Waals surface area contributed by atoms with Gasteiger partial charge in [-0.3, -0.25) is 4.79 Å². The van der Waals surface area contributed by atoms with Crippen molar-refractivity contribution in [2.45, 2.75) is 39.3 Å². The Hall–Kier alpha value is -2.33. The van der Waals surface area contributed by atoms with Crippen molar-refractivity contribution < 1.29 is 9.53 Å². The standard InChI is InChI=1S/C22H30N2O2/c1-18(2)24(17-20-8-5-4-6-9-20)22(25)13-15-23-14-12-19-10-7-11-21(16-19)26-3/h4-11,16,18,23H,12-15,17H2,1-3H3. The van der Waals surface area contributed by atoms with E-state index >= 15 is 0 Å². The van der Waals surface area contributed by atoms with E-state index in [9.17, 15) is 4.79 Å². The van der Waals surface area contributed by atoms with Gasteiger partial charge in [0.05, 0.1) is 7.11 Å². The first-order valence-electron chi connectivity index (χ1n) is 9.27. The second-order valence-corrected chi connectivity index (χ2v) is 6.70. The van der Waals surface area contributed by atoms with Crippen molar-refractivity contribution in [3.05, 3.63) is 65.7 Å². The van der Waals surface area contributed by atoms with E-state index in [1.54, 1.807) is 7.11 Å². The molecule has 0 saturated heterocycles. The van der Waals surface area contributed by atoms with Gasteiger partial charge in [-0.25, -0.2) is 0 Å². The fraction of sp³-hybridized carbons (Fsp3) is 0.409. The summed E-state index contributed by atoms with van der Waals surface area (Å²) in [4.78, 5) is 14.5. The summed E-state index contributed by atoms with van der Waals surface area (Å²) < 4.78 is 5.24. The second-order valence-electron chi connectivity index (χ2n) is 6.70. The number of amides is 1. The highest BCUT2D eigenvalue weighted by Gasteiger charge is 2.16. The molecule has 26 heavy (non-hydrogen) atoms. The second kappa shape index (κ2) is 10.6. The summed E-state index contributed by atoms with van der Waals surface area (Å²) in [7, 11) is 1.68. The summed E-state index contributed by atoms with van der Waals surface area (Å²) in [6.07, 6.45) is 1.44. The minimum Gasteiger partial charge on any atom is -0.497 e. The predicted molar refractivity (Wildman–Crippen MR) is 106 cm³/mol. The maximum Gasteiger partial charge on any atom is 0.224 e. The molecule has 140 valence electrons. The van der Waals surface area contributed by atoms with Gasteiger partial charge in [0.15, 0.2) is 0 Å². The van der Waals surface area contributed by atoms with Crippen molar-refractivity contribution in [1.82, 2.24) is 10.2 Å². The molecule has 4 nitrogen and oxygen atoms in total. The molecule has 0 aliphatic carbocycles. The van der Waals surface area contributed by atoms with Gasteiger partial charge in [0, 0.05) is 25.6 Å². The molecule has 0 heterocycles. The van der Waals surface area contributed by atoms with Gasteiger partial charge in [-0.05, 0) is 50.1 Å². The van der Waals surface area contributed by atoms with Gasteiger partial charge in [-0.15, -0.1) is 0 Å². The van der Waals surface area contributed by atoms with Crippen LogP contribution in [-0.2, 0) is 17.8 Å². The molecule has 0 bridgehead atoms. The molecule has 0 fully saturated rings. The molecule has 2 rings (SSSR count). The SMILES string of the molecule is COc1cccc(CCNCCC(=O)N(Cc2ccccc2)C(C)C)c1. The van der Waals surface area contributed by atoms with Crippen molar-refractivity contribution in [1.29, 1.82) is 0 Å². The first kappa shape index (κ1) is 20.0. The summed E-state index contributed by atoms with van der Waals surface area (Å²) in [6.45, 7) is 6.34. The topological polar surface area (TPSA) is 41.6 Å². The van der Waals surface area contributed by atoms with Crippen molar-refractivity contribution in [2.75, 3.05) is 20.2 Å². The lowest BCUT2D eigenvalue weighted by molar-refractivity contribution is -0.133. The van der Waals surface area contributed by atoms with Crippen LogP contribution in [0.5, 0.6) is 5.75 Å². The van der Waals surface area contributed by atoms with Crippen LogP contribution in [0.2, 0.25) is 0 Å². The lowest BCUT2D eigenvalue weighted by atomic mass is 10.1. The molecule has 0 radical (unpaired) electrons. The number of hydrogen-bond acceptors (Lipinski definition) is 3. The lowest BCUT2D eigenvalue weighted by Crippen LogP contribution is -2.38. The third kappa shape index (κ3) is 6.52. The van der Waals surface area contributed by atoms with Gasteiger partial charge in [0.25, 0.3) is 0 Å². The van der Waals surface area contributed by atoms with E-state index in [4.69, 9.17) is 4.74 Å².